The summed E-state index contributed by atoms with van der Waals surface area (Å²) in [6.45, 7) is -0.0478. The van der Waals surface area contributed by atoms with Crippen LogP contribution in [0.1, 0.15) is 21.6 Å². The van der Waals surface area contributed by atoms with Crippen molar-refractivity contribution in [2.24, 2.45) is 7.05 Å². The van der Waals surface area contributed by atoms with Crippen LogP contribution < -0.4 is 0 Å². The highest BCUT2D eigenvalue weighted by Crippen LogP contribution is 2.31. The second kappa shape index (κ2) is 4.97. The van der Waals surface area contributed by atoms with Crippen molar-refractivity contribution in [2.75, 3.05) is 0 Å². The van der Waals surface area contributed by atoms with Crippen molar-refractivity contribution in [2.45, 2.75) is 12.7 Å². The molecule has 0 saturated heterocycles. The molecule has 2 heterocycles. The molecule has 0 atom stereocenters. The van der Waals surface area contributed by atoms with Crippen molar-refractivity contribution in [1.29, 1.82) is 0 Å². The summed E-state index contributed by atoms with van der Waals surface area (Å²) in [4.78, 5) is 10.7. The molecule has 0 spiro atoms. The Morgan fingerprint density at radius 3 is 2.68 bits per heavy atom. The lowest BCUT2D eigenvalue weighted by Gasteiger charge is -2.05. The van der Waals surface area contributed by atoms with E-state index in [2.05, 4.69) is 10.2 Å². The van der Waals surface area contributed by atoms with E-state index in [1.54, 1.807) is 24.4 Å². The summed E-state index contributed by atoms with van der Waals surface area (Å²) < 4.78 is 41.3. The van der Waals surface area contributed by atoms with Crippen LogP contribution in [0.2, 0.25) is 0 Å². The fourth-order valence-corrected chi connectivity index (χ4v) is 2.32. The maximum atomic E-state index is 12.9. The third-order valence-electron chi connectivity index (χ3n) is 3.22. The first-order valence-corrected chi connectivity index (χ1v) is 6.39. The zero-order valence-corrected chi connectivity index (χ0v) is 11.5. The number of rotatable bonds is 3. The van der Waals surface area contributed by atoms with Crippen molar-refractivity contribution in [3.63, 3.8) is 0 Å². The Morgan fingerprint density at radius 1 is 1.23 bits per heavy atom. The molecule has 0 amide bonds. The molecule has 1 aromatic carbocycles. The molecule has 0 radical (unpaired) electrons. The van der Waals surface area contributed by atoms with Gasteiger partial charge in [0.25, 0.3) is 0 Å². The molecule has 5 nitrogen and oxygen atoms in total. The van der Waals surface area contributed by atoms with Crippen molar-refractivity contribution in [3.8, 4) is 0 Å². The maximum absolute atomic E-state index is 12.9. The van der Waals surface area contributed by atoms with Gasteiger partial charge >= 0.3 is 6.18 Å². The van der Waals surface area contributed by atoms with E-state index in [9.17, 15) is 18.0 Å². The monoisotopic (exact) mass is 308 g/mol. The van der Waals surface area contributed by atoms with Crippen LogP contribution in [0.25, 0.3) is 10.9 Å². The maximum Gasteiger partial charge on any atom is 0.435 e. The van der Waals surface area contributed by atoms with Crippen LogP contribution in [0.4, 0.5) is 13.2 Å². The highest BCUT2D eigenvalue weighted by molar-refractivity contribution is 5.86. The van der Waals surface area contributed by atoms with Crippen LogP contribution in [-0.4, -0.2) is 25.8 Å². The van der Waals surface area contributed by atoms with Crippen LogP contribution in [0.3, 0.4) is 0 Å². The summed E-state index contributed by atoms with van der Waals surface area (Å²) in [5.41, 5.74) is 0.231. The second-order valence-corrected chi connectivity index (χ2v) is 4.94. The molecule has 0 aliphatic heterocycles. The number of aromatic nitrogens is 4. The lowest BCUT2D eigenvalue weighted by molar-refractivity contribution is -0.142. The summed E-state index contributed by atoms with van der Waals surface area (Å²) in [6, 6.07) is 4.90. The largest absolute Gasteiger partial charge is 0.435 e. The van der Waals surface area contributed by atoms with Crippen LogP contribution in [0.15, 0.2) is 30.6 Å². The third kappa shape index (κ3) is 2.59. The Hall–Kier alpha value is -2.64. The lowest BCUT2D eigenvalue weighted by atomic mass is 10.2. The van der Waals surface area contributed by atoms with Gasteiger partial charge < -0.3 is 0 Å². The number of hydrogen-bond donors (Lipinski definition) is 0. The third-order valence-corrected chi connectivity index (χ3v) is 3.22. The summed E-state index contributed by atoms with van der Waals surface area (Å²) >= 11 is 0. The van der Waals surface area contributed by atoms with E-state index < -0.39 is 11.9 Å². The van der Waals surface area contributed by atoms with E-state index in [-0.39, 0.29) is 12.1 Å². The average molecular weight is 308 g/mol. The van der Waals surface area contributed by atoms with E-state index in [4.69, 9.17) is 0 Å². The summed E-state index contributed by atoms with van der Waals surface area (Å²) in [5.74, 6) is 0. The van der Waals surface area contributed by atoms with Crippen molar-refractivity contribution in [1.82, 2.24) is 19.6 Å². The first kappa shape index (κ1) is 14.3. The fraction of sp³-hybridized carbons (Fsp3) is 0.214. The summed E-state index contributed by atoms with van der Waals surface area (Å²) in [7, 11) is 1.44. The molecule has 0 fully saturated rings. The van der Waals surface area contributed by atoms with Gasteiger partial charge in [0, 0.05) is 36.0 Å². The number of aldehydes is 1. The Morgan fingerprint density at radius 2 is 2.00 bits per heavy atom. The van der Waals surface area contributed by atoms with Crippen LogP contribution >= 0.6 is 0 Å². The molecule has 0 aliphatic carbocycles. The summed E-state index contributed by atoms with van der Waals surface area (Å²) in [5, 5.41) is 8.37. The Balaban J connectivity index is 1.98. The average Bonchev–Trinajstić information content (AvgIpc) is 3.00. The molecule has 3 rings (SSSR count). The number of nitrogens with zero attached hydrogens (tertiary/aromatic N) is 4. The minimum atomic E-state index is -4.51. The van der Waals surface area contributed by atoms with E-state index in [1.807, 2.05) is 0 Å². The molecule has 22 heavy (non-hydrogen) atoms. The van der Waals surface area contributed by atoms with E-state index in [0.717, 1.165) is 4.68 Å². The normalized spacial score (nSPS) is 12.0. The number of aryl methyl sites for hydroxylation is 1. The molecule has 0 aliphatic rings. The minimum absolute atomic E-state index is 0.0402. The highest BCUT2D eigenvalue weighted by Gasteiger charge is 2.36. The van der Waals surface area contributed by atoms with Gasteiger partial charge in [-0.25, -0.2) is 0 Å². The topological polar surface area (TPSA) is 52.7 Å². The van der Waals surface area contributed by atoms with Gasteiger partial charge in [0.1, 0.15) is 6.29 Å². The molecule has 0 saturated carbocycles. The highest BCUT2D eigenvalue weighted by atomic mass is 19.4. The van der Waals surface area contributed by atoms with Crippen LogP contribution in [0, 0.1) is 0 Å². The van der Waals surface area contributed by atoms with Gasteiger partial charge in [0.05, 0.1) is 12.1 Å². The van der Waals surface area contributed by atoms with Gasteiger partial charge in [-0.15, -0.1) is 0 Å². The minimum Gasteiger partial charge on any atom is -0.298 e. The molecule has 0 bridgehead atoms. The molecular formula is C14H11F3N4O. The standard InChI is InChI=1S/C14H11F3N4O/c1-20-5-11(13(19-20)14(15,16)17)7-21-6-10-4-9(8-22)2-3-12(10)18-21/h2-6,8H,7H2,1H3. The van der Waals surface area contributed by atoms with Gasteiger partial charge in [-0.1, -0.05) is 0 Å². The molecule has 3 aromatic rings. The smallest absolute Gasteiger partial charge is 0.298 e. The number of halogens is 3. The number of benzene rings is 1. The lowest BCUT2D eigenvalue weighted by Crippen LogP contribution is -2.11. The predicted octanol–water partition coefficient (Wildman–Crippen LogP) is 2.65. The Kier molecular flexibility index (Phi) is 3.23. The Labute approximate surface area is 123 Å². The first-order chi connectivity index (χ1) is 10.4. The molecular weight excluding hydrogens is 297 g/mol. The molecule has 8 heteroatoms. The number of fused-ring (bicyclic) bond motifs is 1. The van der Waals surface area contributed by atoms with E-state index in [1.165, 1.54) is 17.9 Å². The second-order valence-electron chi connectivity index (χ2n) is 4.94. The molecule has 0 unspecified atom stereocenters. The van der Waals surface area contributed by atoms with Gasteiger partial charge in [-0.05, 0) is 18.2 Å². The van der Waals surface area contributed by atoms with Crippen LogP contribution in [0.5, 0.6) is 0 Å². The number of hydrogen-bond acceptors (Lipinski definition) is 3. The molecule has 0 N–H and O–H groups in total. The number of alkyl halides is 3. The van der Waals surface area contributed by atoms with Crippen molar-refractivity contribution < 1.29 is 18.0 Å². The van der Waals surface area contributed by atoms with Gasteiger partial charge in [-0.2, -0.15) is 23.4 Å². The predicted molar refractivity (Wildman–Crippen MR) is 72.4 cm³/mol. The van der Waals surface area contributed by atoms with Crippen LogP contribution in [-0.2, 0) is 19.8 Å². The van der Waals surface area contributed by atoms with Gasteiger partial charge in [-0.3, -0.25) is 14.2 Å². The van der Waals surface area contributed by atoms with Gasteiger partial charge in [0.2, 0.25) is 0 Å². The molecule has 2 aromatic heterocycles. The Bertz CT molecular complexity index is 848. The van der Waals surface area contributed by atoms with E-state index >= 15 is 0 Å². The SMILES string of the molecule is Cn1cc(Cn2cc3cc(C=O)ccc3n2)c(C(F)(F)F)n1. The fourth-order valence-electron chi connectivity index (χ4n) is 2.32. The first-order valence-electron chi connectivity index (χ1n) is 6.39. The zero-order valence-electron chi connectivity index (χ0n) is 11.5. The van der Waals surface area contributed by atoms with Crippen molar-refractivity contribution >= 4 is 17.2 Å². The zero-order chi connectivity index (χ0) is 15.9. The number of carbonyl (C=O) groups excluding carboxylic acids is 1. The van der Waals surface area contributed by atoms with Gasteiger partial charge in [0.15, 0.2) is 5.69 Å². The molecule has 114 valence electrons. The number of carbonyl (C=O) groups is 1. The quantitative estimate of drug-likeness (QED) is 0.699. The summed E-state index contributed by atoms with van der Waals surface area (Å²) in [6.07, 6.45) is -0.866. The van der Waals surface area contributed by atoms with Crippen molar-refractivity contribution in [3.05, 3.63) is 47.4 Å². The van der Waals surface area contributed by atoms with E-state index in [0.29, 0.717) is 22.8 Å².